The molecular formula is C19H22N4O4. The second kappa shape index (κ2) is 7.13. The van der Waals surface area contributed by atoms with Gasteiger partial charge in [-0.2, -0.15) is 0 Å². The average molecular weight is 370 g/mol. The van der Waals surface area contributed by atoms with Crippen molar-refractivity contribution in [1.29, 1.82) is 0 Å². The molecule has 3 aromatic rings. The predicted molar refractivity (Wildman–Crippen MR) is 98.3 cm³/mol. The summed E-state index contributed by atoms with van der Waals surface area (Å²) in [5, 5.41) is 20.7. The maximum atomic E-state index is 13.0. The number of pyridine rings is 1. The second-order valence-electron chi connectivity index (χ2n) is 7.13. The first-order valence-corrected chi connectivity index (χ1v) is 9.05. The zero-order valence-corrected chi connectivity index (χ0v) is 15.2. The maximum Gasteiger partial charge on any atom is 0.259 e. The van der Waals surface area contributed by atoms with Crippen LogP contribution in [0.15, 0.2) is 33.4 Å². The molecule has 8 nitrogen and oxygen atoms in total. The maximum absolute atomic E-state index is 13.0. The van der Waals surface area contributed by atoms with E-state index in [4.69, 9.17) is 8.94 Å². The first-order valence-electron chi connectivity index (χ1n) is 9.05. The SMILES string of the molecule is CC(C)c1noc2nc(-c3ccco3)cc(C(=O)NCC3CNCC3O)c12. The van der Waals surface area contributed by atoms with Crippen LogP contribution in [0.3, 0.4) is 0 Å². The van der Waals surface area contributed by atoms with Gasteiger partial charge in [-0.3, -0.25) is 4.79 Å². The summed E-state index contributed by atoms with van der Waals surface area (Å²) >= 11 is 0. The average Bonchev–Trinajstić information content (AvgIpc) is 3.39. The highest BCUT2D eigenvalue weighted by Gasteiger charge is 2.27. The summed E-state index contributed by atoms with van der Waals surface area (Å²) < 4.78 is 10.8. The van der Waals surface area contributed by atoms with Crippen LogP contribution in [0, 0.1) is 5.92 Å². The van der Waals surface area contributed by atoms with E-state index in [-0.39, 0.29) is 17.7 Å². The molecule has 1 fully saturated rings. The fourth-order valence-corrected chi connectivity index (χ4v) is 3.34. The molecule has 0 radical (unpaired) electrons. The van der Waals surface area contributed by atoms with E-state index < -0.39 is 6.10 Å². The fraction of sp³-hybridized carbons (Fsp3) is 0.421. The summed E-state index contributed by atoms with van der Waals surface area (Å²) in [5.41, 5.74) is 1.94. The Hall–Kier alpha value is -2.71. The molecule has 4 rings (SSSR count). The Morgan fingerprint density at radius 1 is 1.44 bits per heavy atom. The Morgan fingerprint density at radius 3 is 2.96 bits per heavy atom. The molecule has 2 unspecified atom stereocenters. The minimum atomic E-state index is -0.455. The van der Waals surface area contributed by atoms with E-state index in [0.717, 1.165) is 0 Å². The zero-order chi connectivity index (χ0) is 19.0. The molecular weight excluding hydrogens is 348 g/mol. The lowest BCUT2D eigenvalue weighted by Crippen LogP contribution is -2.34. The number of rotatable bonds is 5. The summed E-state index contributed by atoms with van der Waals surface area (Å²) in [5.74, 6) is 0.362. The van der Waals surface area contributed by atoms with Crippen molar-refractivity contribution in [1.82, 2.24) is 20.8 Å². The predicted octanol–water partition coefficient (Wildman–Crippen LogP) is 1.92. The van der Waals surface area contributed by atoms with Crippen molar-refractivity contribution in [2.45, 2.75) is 25.9 Å². The zero-order valence-electron chi connectivity index (χ0n) is 15.2. The van der Waals surface area contributed by atoms with Crippen molar-refractivity contribution < 1.29 is 18.8 Å². The number of aromatic nitrogens is 2. The standard InChI is InChI=1S/C19H22N4O4/c1-10(2)17-16-12(18(25)21-8-11-7-20-9-14(11)24)6-13(15-4-3-5-26-15)22-19(16)27-23-17/h3-6,10-11,14,20,24H,7-9H2,1-2H3,(H,21,25). The lowest BCUT2D eigenvalue weighted by Gasteiger charge is -2.15. The summed E-state index contributed by atoms with van der Waals surface area (Å²) in [6.07, 6.45) is 1.10. The topological polar surface area (TPSA) is 113 Å². The number of nitrogens with zero attached hydrogens (tertiary/aromatic N) is 2. The lowest BCUT2D eigenvalue weighted by molar-refractivity contribution is 0.0928. The largest absolute Gasteiger partial charge is 0.463 e. The third-order valence-electron chi connectivity index (χ3n) is 4.87. The van der Waals surface area contributed by atoms with Crippen LogP contribution >= 0.6 is 0 Å². The molecule has 1 aliphatic rings. The van der Waals surface area contributed by atoms with Crippen molar-refractivity contribution in [2.24, 2.45) is 5.92 Å². The van der Waals surface area contributed by atoms with Gasteiger partial charge >= 0.3 is 0 Å². The number of hydrogen-bond acceptors (Lipinski definition) is 7. The van der Waals surface area contributed by atoms with Gasteiger partial charge in [-0.15, -0.1) is 0 Å². The van der Waals surface area contributed by atoms with Gasteiger partial charge in [0.15, 0.2) is 5.76 Å². The summed E-state index contributed by atoms with van der Waals surface area (Å²) in [7, 11) is 0. The number of amides is 1. The first-order chi connectivity index (χ1) is 13.0. The number of aliphatic hydroxyl groups excluding tert-OH is 1. The van der Waals surface area contributed by atoms with Gasteiger partial charge in [0, 0.05) is 25.6 Å². The Kier molecular flexibility index (Phi) is 4.67. The van der Waals surface area contributed by atoms with Gasteiger partial charge in [0.05, 0.1) is 29.0 Å². The molecule has 1 aliphatic heterocycles. The molecule has 1 saturated heterocycles. The highest BCUT2D eigenvalue weighted by atomic mass is 16.5. The Labute approximate surface area is 155 Å². The van der Waals surface area contributed by atoms with Gasteiger partial charge in [-0.25, -0.2) is 4.98 Å². The molecule has 0 aliphatic carbocycles. The molecule has 142 valence electrons. The van der Waals surface area contributed by atoms with Gasteiger partial charge in [0.25, 0.3) is 11.6 Å². The Morgan fingerprint density at radius 2 is 2.30 bits per heavy atom. The van der Waals surface area contributed by atoms with E-state index in [1.165, 1.54) is 0 Å². The molecule has 0 spiro atoms. The number of hydrogen-bond donors (Lipinski definition) is 3. The van der Waals surface area contributed by atoms with E-state index in [0.29, 0.717) is 53.4 Å². The Bertz CT molecular complexity index is 948. The number of carbonyl (C=O) groups is 1. The molecule has 3 N–H and O–H groups in total. The molecule has 0 saturated carbocycles. The number of aliphatic hydroxyl groups is 1. The molecule has 2 atom stereocenters. The number of fused-ring (bicyclic) bond motifs is 1. The summed E-state index contributed by atoms with van der Waals surface area (Å²) in [6, 6.07) is 5.23. The van der Waals surface area contributed by atoms with E-state index >= 15 is 0 Å². The number of β-amino-alcohol motifs (C(OH)–C–C–N with tert-alkyl or cyclic N) is 1. The summed E-state index contributed by atoms with van der Waals surface area (Å²) in [6.45, 7) is 5.58. The quantitative estimate of drug-likeness (QED) is 0.629. The lowest BCUT2D eigenvalue weighted by atomic mass is 10.0. The first kappa shape index (κ1) is 17.7. The van der Waals surface area contributed by atoms with Gasteiger partial charge in [-0.1, -0.05) is 19.0 Å². The monoisotopic (exact) mass is 370 g/mol. The molecule has 8 heteroatoms. The minimum absolute atomic E-state index is 0.0112. The van der Waals surface area contributed by atoms with Crippen molar-refractivity contribution in [3.8, 4) is 11.5 Å². The van der Waals surface area contributed by atoms with E-state index in [9.17, 15) is 9.90 Å². The smallest absolute Gasteiger partial charge is 0.259 e. The third kappa shape index (κ3) is 3.33. The van der Waals surface area contributed by atoms with Crippen molar-refractivity contribution >= 4 is 17.0 Å². The van der Waals surface area contributed by atoms with E-state index in [1.54, 1.807) is 24.5 Å². The van der Waals surface area contributed by atoms with Crippen molar-refractivity contribution in [2.75, 3.05) is 19.6 Å². The van der Waals surface area contributed by atoms with E-state index in [1.807, 2.05) is 13.8 Å². The van der Waals surface area contributed by atoms with Crippen LogP contribution in [-0.4, -0.2) is 46.9 Å². The highest BCUT2D eigenvalue weighted by molar-refractivity contribution is 6.07. The van der Waals surface area contributed by atoms with Crippen LogP contribution in [0.4, 0.5) is 0 Å². The molecule has 0 bridgehead atoms. The molecule has 4 heterocycles. The number of nitrogens with one attached hydrogen (secondary N) is 2. The van der Waals surface area contributed by atoms with Crippen molar-refractivity contribution in [3.05, 3.63) is 35.7 Å². The molecule has 3 aromatic heterocycles. The normalized spacial score (nSPS) is 19.9. The van der Waals surface area contributed by atoms with Crippen molar-refractivity contribution in [3.63, 3.8) is 0 Å². The molecule has 0 aromatic carbocycles. The third-order valence-corrected chi connectivity index (χ3v) is 4.87. The minimum Gasteiger partial charge on any atom is -0.463 e. The van der Waals surface area contributed by atoms with Gasteiger partial charge in [0.2, 0.25) is 0 Å². The molecule has 27 heavy (non-hydrogen) atoms. The van der Waals surface area contributed by atoms with Crippen LogP contribution in [0.25, 0.3) is 22.6 Å². The van der Waals surface area contributed by atoms with Crippen LogP contribution < -0.4 is 10.6 Å². The van der Waals surface area contributed by atoms with Crippen LogP contribution in [0.1, 0.15) is 35.8 Å². The van der Waals surface area contributed by atoms with Crippen LogP contribution in [-0.2, 0) is 0 Å². The molecule has 1 amide bonds. The van der Waals surface area contributed by atoms with E-state index in [2.05, 4.69) is 20.8 Å². The van der Waals surface area contributed by atoms with Crippen LogP contribution in [0.5, 0.6) is 0 Å². The van der Waals surface area contributed by atoms with Gasteiger partial charge < -0.3 is 24.7 Å². The second-order valence-corrected chi connectivity index (χ2v) is 7.13. The highest BCUT2D eigenvalue weighted by Crippen LogP contribution is 2.30. The fourth-order valence-electron chi connectivity index (χ4n) is 3.34. The van der Waals surface area contributed by atoms with Crippen LogP contribution in [0.2, 0.25) is 0 Å². The number of furan rings is 1. The summed E-state index contributed by atoms with van der Waals surface area (Å²) in [4.78, 5) is 17.4. The van der Waals surface area contributed by atoms with Gasteiger partial charge in [-0.05, 0) is 24.1 Å². The van der Waals surface area contributed by atoms with Gasteiger partial charge in [0.1, 0.15) is 5.69 Å². The number of carbonyl (C=O) groups excluding carboxylic acids is 1. The Balaban J connectivity index is 1.71.